The second-order valence-electron chi connectivity index (χ2n) is 5.14. The maximum atomic E-state index is 12.1. The van der Waals surface area contributed by atoms with Crippen molar-refractivity contribution in [1.82, 2.24) is 5.43 Å². The zero-order valence-electron chi connectivity index (χ0n) is 13.2. The van der Waals surface area contributed by atoms with E-state index < -0.39 is 12.0 Å². The molecule has 0 radical (unpaired) electrons. The first-order valence-electron chi connectivity index (χ1n) is 7.36. The van der Waals surface area contributed by atoms with Crippen LogP contribution >= 0.6 is 11.6 Å². The van der Waals surface area contributed by atoms with Crippen LogP contribution in [0.3, 0.4) is 0 Å². The molecule has 0 bridgehead atoms. The quantitative estimate of drug-likeness (QED) is 0.643. The predicted molar refractivity (Wildman–Crippen MR) is 91.8 cm³/mol. The molecular formula is C17H15ClN2O5. The number of rotatable bonds is 4. The number of nitrogens with one attached hydrogen (secondary N) is 1. The first-order valence-corrected chi connectivity index (χ1v) is 7.74. The number of nitrogens with zero attached hydrogens (tertiary/aromatic N) is 1. The largest absolute Gasteiger partial charge is 0.504 e. The second kappa shape index (κ2) is 7.31. The van der Waals surface area contributed by atoms with Gasteiger partial charge in [-0.15, -0.1) is 0 Å². The summed E-state index contributed by atoms with van der Waals surface area (Å²) in [4.78, 5) is 12.1. The normalized spacial score (nSPS) is 15.8. The van der Waals surface area contributed by atoms with Crippen molar-refractivity contribution < 1.29 is 24.1 Å². The Morgan fingerprint density at radius 3 is 2.92 bits per heavy atom. The Kier molecular flexibility index (Phi) is 4.95. The summed E-state index contributed by atoms with van der Waals surface area (Å²) in [6.45, 7) is 0.0780. The van der Waals surface area contributed by atoms with Gasteiger partial charge >= 0.3 is 0 Å². The molecule has 130 valence electrons. The van der Waals surface area contributed by atoms with Crippen LogP contribution in [0.4, 0.5) is 0 Å². The minimum absolute atomic E-state index is 0.0780. The van der Waals surface area contributed by atoms with Crippen LogP contribution in [-0.4, -0.2) is 37.0 Å². The molecule has 2 N–H and O–H groups in total. The highest BCUT2D eigenvalue weighted by Crippen LogP contribution is 2.32. The zero-order valence-corrected chi connectivity index (χ0v) is 14.0. The summed E-state index contributed by atoms with van der Waals surface area (Å²) in [5, 5.41) is 14.2. The van der Waals surface area contributed by atoms with E-state index in [1.165, 1.54) is 25.5 Å². The summed E-state index contributed by atoms with van der Waals surface area (Å²) in [5.74, 6) is 0.692. The molecule has 1 aliphatic heterocycles. The number of methoxy groups -OCH3 is 1. The number of aromatic hydroxyl groups is 1. The Morgan fingerprint density at radius 1 is 1.40 bits per heavy atom. The molecule has 2 aromatic carbocycles. The van der Waals surface area contributed by atoms with E-state index in [1.807, 2.05) is 6.07 Å². The van der Waals surface area contributed by atoms with Gasteiger partial charge in [-0.3, -0.25) is 4.79 Å². The Morgan fingerprint density at radius 2 is 2.16 bits per heavy atom. The second-order valence-corrected chi connectivity index (χ2v) is 5.58. The van der Waals surface area contributed by atoms with Gasteiger partial charge in [0.15, 0.2) is 23.0 Å². The van der Waals surface area contributed by atoms with E-state index in [2.05, 4.69) is 10.5 Å². The maximum Gasteiger partial charge on any atom is 0.284 e. The van der Waals surface area contributed by atoms with Crippen LogP contribution < -0.4 is 19.6 Å². The fourth-order valence-corrected chi connectivity index (χ4v) is 2.45. The predicted octanol–water partition coefficient (Wildman–Crippen LogP) is 2.34. The van der Waals surface area contributed by atoms with Crippen LogP contribution in [0, 0.1) is 0 Å². The van der Waals surface area contributed by atoms with Gasteiger partial charge in [0.25, 0.3) is 5.91 Å². The van der Waals surface area contributed by atoms with Crippen LogP contribution in [0.1, 0.15) is 5.56 Å². The van der Waals surface area contributed by atoms with Crippen LogP contribution in [0.2, 0.25) is 5.02 Å². The number of phenolic OH excluding ortho intramolecular Hbond substituents is 1. The lowest BCUT2D eigenvalue weighted by Crippen LogP contribution is -2.42. The van der Waals surface area contributed by atoms with Gasteiger partial charge in [0.05, 0.1) is 13.3 Å². The number of amides is 1. The highest BCUT2D eigenvalue weighted by molar-refractivity contribution is 6.31. The van der Waals surface area contributed by atoms with Gasteiger partial charge in [-0.05, 0) is 18.2 Å². The lowest BCUT2D eigenvalue weighted by molar-refractivity contribution is -0.130. The monoisotopic (exact) mass is 362 g/mol. The number of halogens is 1. The van der Waals surface area contributed by atoms with E-state index in [0.29, 0.717) is 22.1 Å². The van der Waals surface area contributed by atoms with Gasteiger partial charge in [-0.25, -0.2) is 5.43 Å². The third kappa shape index (κ3) is 3.77. The van der Waals surface area contributed by atoms with Gasteiger partial charge in [0.1, 0.15) is 6.61 Å². The third-order valence-corrected chi connectivity index (χ3v) is 3.69. The number of ether oxygens (including phenoxy) is 3. The van der Waals surface area contributed by atoms with Crippen molar-refractivity contribution in [2.45, 2.75) is 6.10 Å². The Bertz CT molecular complexity index is 825. The molecule has 0 aromatic heterocycles. The van der Waals surface area contributed by atoms with Crippen molar-refractivity contribution in [3.8, 4) is 23.0 Å². The molecule has 2 aromatic rings. The number of hydrazone groups is 1. The molecule has 0 spiro atoms. The first kappa shape index (κ1) is 16.9. The summed E-state index contributed by atoms with van der Waals surface area (Å²) < 4.78 is 16.1. The molecule has 8 heteroatoms. The molecule has 7 nitrogen and oxygen atoms in total. The average molecular weight is 363 g/mol. The van der Waals surface area contributed by atoms with Crippen LogP contribution in [0.15, 0.2) is 41.5 Å². The molecule has 25 heavy (non-hydrogen) atoms. The minimum atomic E-state index is -0.824. The smallest absolute Gasteiger partial charge is 0.284 e. The highest BCUT2D eigenvalue weighted by atomic mass is 35.5. The summed E-state index contributed by atoms with van der Waals surface area (Å²) in [6, 6.07) is 10.0. The van der Waals surface area contributed by atoms with E-state index >= 15 is 0 Å². The number of hydrogen-bond donors (Lipinski definition) is 2. The molecule has 0 fully saturated rings. The maximum absolute atomic E-state index is 12.1. The first-order chi connectivity index (χ1) is 12.1. The lowest BCUT2D eigenvalue weighted by Gasteiger charge is -2.24. The molecule has 1 atom stereocenters. The number of hydrogen-bond acceptors (Lipinski definition) is 6. The van der Waals surface area contributed by atoms with Crippen LogP contribution in [0.5, 0.6) is 23.0 Å². The minimum Gasteiger partial charge on any atom is -0.504 e. The fourth-order valence-electron chi connectivity index (χ4n) is 2.23. The lowest BCUT2D eigenvalue weighted by atomic mass is 10.2. The summed E-state index contributed by atoms with van der Waals surface area (Å²) in [5.41, 5.74) is 2.65. The number of benzene rings is 2. The van der Waals surface area contributed by atoms with Crippen molar-refractivity contribution in [3.05, 3.63) is 47.0 Å². The van der Waals surface area contributed by atoms with Crippen LogP contribution in [0.25, 0.3) is 0 Å². The SMILES string of the molecule is COc1cc(Cl)cc(/C=N/NC(=O)[C@H]2COc3ccccc3O2)c1O. The molecule has 3 rings (SSSR count). The van der Waals surface area contributed by atoms with Gasteiger partial charge in [0, 0.05) is 16.7 Å². The number of carbonyl (C=O) groups is 1. The molecule has 1 aliphatic rings. The number of phenols is 1. The Balaban J connectivity index is 1.65. The van der Waals surface area contributed by atoms with Gasteiger partial charge < -0.3 is 19.3 Å². The molecule has 1 amide bonds. The van der Waals surface area contributed by atoms with E-state index in [0.717, 1.165) is 0 Å². The topological polar surface area (TPSA) is 89.4 Å². The van der Waals surface area contributed by atoms with Gasteiger partial charge in [0.2, 0.25) is 6.10 Å². The third-order valence-electron chi connectivity index (χ3n) is 3.47. The molecule has 0 saturated heterocycles. The van der Waals surface area contributed by atoms with Gasteiger partial charge in [-0.1, -0.05) is 23.7 Å². The van der Waals surface area contributed by atoms with Crippen LogP contribution in [-0.2, 0) is 4.79 Å². The van der Waals surface area contributed by atoms with Crippen molar-refractivity contribution in [3.63, 3.8) is 0 Å². The van der Waals surface area contributed by atoms with E-state index in [-0.39, 0.29) is 18.1 Å². The summed E-state index contributed by atoms with van der Waals surface area (Å²) >= 11 is 5.94. The molecular weight excluding hydrogens is 348 g/mol. The van der Waals surface area contributed by atoms with E-state index in [9.17, 15) is 9.90 Å². The molecule has 0 unspecified atom stereocenters. The standard InChI is InChI=1S/C17H15ClN2O5/c1-23-14-7-11(18)6-10(16(14)21)8-19-20-17(22)15-9-24-12-4-2-3-5-13(12)25-15/h2-8,15,21H,9H2,1H3,(H,20,22)/b19-8+/t15-/m1/s1. The highest BCUT2D eigenvalue weighted by Gasteiger charge is 2.27. The summed E-state index contributed by atoms with van der Waals surface area (Å²) in [6.07, 6.45) is 0.439. The zero-order chi connectivity index (χ0) is 17.8. The van der Waals surface area contributed by atoms with Crippen molar-refractivity contribution in [1.29, 1.82) is 0 Å². The number of fused-ring (bicyclic) bond motifs is 1. The molecule has 0 saturated carbocycles. The Hall–Kier alpha value is -2.93. The molecule has 0 aliphatic carbocycles. The number of carbonyl (C=O) groups excluding carboxylic acids is 1. The molecule has 1 heterocycles. The number of para-hydroxylation sites is 2. The van der Waals surface area contributed by atoms with E-state index in [1.54, 1.807) is 18.2 Å². The van der Waals surface area contributed by atoms with Gasteiger partial charge in [-0.2, -0.15) is 5.10 Å². The average Bonchev–Trinajstić information content (AvgIpc) is 2.63. The van der Waals surface area contributed by atoms with Crippen molar-refractivity contribution in [2.24, 2.45) is 5.10 Å². The van der Waals surface area contributed by atoms with Crippen molar-refractivity contribution in [2.75, 3.05) is 13.7 Å². The fraction of sp³-hybridized carbons (Fsp3) is 0.176. The Labute approximate surface area is 148 Å². The van der Waals surface area contributed by atoms with Crippen molar-refractivity contribution >= 4 is 23.7 Å². The van der Waals surface area contributed by atoms with E-state index in [4.69, 9.17) is 25.8 Å². The summed E-state index contributed by atoms with van der Waals surface area (Å²) in [7, 11) is 1.41.